The molecule has 0 saturated carbocycles. The van der Waals surface area contributed by atoms with Gasteiger partial charge in [0.25, 0.3) is 0 Å². The number of aromatic nitrogens is 2. The van der Waals surface area contributed by atoms with Crippen molar-refractivity contribution in [3.63, 3.8) is 0 Å². The minimum atomic E-state index is 0.350. The van der Waals surface area contributed by atoms with E-state index in [4.69, 9.17) is 16.2 Å². The number of hydrogen-bond donors (Lipinski definition) is 2. The highest BCUT2D eigenvalue weighted by Crippen LogP contribution is 2.40. The van der Waals surface area contributed by atoms with Crippen LogP contribution in [0.2, 0.25) is 0 Å². The molecule has 4 N–H and O–H groups in total. The lowest BCUT2D eigenvalue weighted by atomic mass is 10.00. The number of hydrogen-bond acceptors (Lipinski definition) is 8. The first-order valence-corrected chi connectivity index (χ1v) is 11.1. The fourth-order valence-corrected chi connectivity index (χ4v) is 4.69. The number of guanidine groups is 1. The third kappa shape index (κ3) is 3.74. The summed E-state index contributed by atoms with van der Waals surface area (Å²) in [4.78, 5) is 10.9. The van der Waals surface area contributed by atoms with Crippen LogP contribution in [0.3, 0.4) is 0 Å². The van der Waals surface area contributed by atoms with Crippen molar-refractivity contribution >= 4 is 11.6 Å². The van der Waals surface area contributed by atoms with Gasteiger partial charge in [0.15, 0.2) is 0 Å². The Morgan fingerprint density at radius 1 is 1.09 bits per heavy atom. The van der Waals surface area contributed by atoms with Crippen LogP contribution in [-0.4, -0.2) is 58.8 Å². The van der Waals surface area contributed by atoms with Crippen LogP contribution in [0.5, 0.6) is 5.75 Å². The molecule has 0 bridgehead atoms. The maximum atomic E-state index is 6.80. The van der Waals surface area contributed by atoms with Gasteiger partial charge in [0.2, 0.25) is 5.96 Å². The highest BCUT2D eigenvalue weighted by atomic mass is 16.5. The van der Waals surface area contributed by atoms with Crippen LogP contribution in [0.4, 0.5) is 5.69 Å². The highest BCUT2D eigenvalue weighted by molar-refractivity contribution is 6.02. The van der Waals surface area contributed by atoms with E-state index >= 15 is 0 Å². The lowest BCUT2D eigenvalue weighted by Crippen LogP contribution is -2.47. The maximum Gasteiger partial charge on any atom is 0.205 e. The van der Waals surface area contributed by atoms with Gasteiger partial charge in [-0.3, -0.25) is 9.58 Å². The van der Waals surface area contributed by atoms with Gasteiger partial charge in [-0.1, -0.05) is 6.07 Å². The predicted molar refractivity (Wildman–Crippen MR) is 130 cm³/mol. The van der Waals surface area contributed by atoms with Gasteiger partial charge in [0.1, 0.15) is 11.6 Å². The molecular weight excluding hydrogens is 416 g/mol. The molecule has 2 aromatic rings. The number of ether oxygens (including phenoxy) is 1. The molecule has 1 aromatic heterocycles. The molecule has 3 aliphatic rings. The molecule has 33 heavy (non-hydrogen) atoms. The summed E-state index contributed by atoms with van der Waals surface area (Å²) in [5, 5.41) is 4.27. The summed E-state index contributed by atoms with van der Waals surface area (Å²) in [5.74, 6) is 1.70. The molecule has 5 rings (SSSR count). The van der Waals surface area contributed by atoms with Gasteiger partial charge in [-0.05, 0) is 56.8 Å². The van der Waals surface area contributed by atoms with E-state index in [1.807, 2.05) is 42.5 Å². The number of likely N-dealkylation sites (tertiary alicyclic amines) is 1. The standard InChI is InChI=1S/C24H30N8O/c1-29-9-7-19(8-10-29)31-11-6-17-13-27-24(26)32(22(17)23(31)25)20-5-4-16(12-21(20)33-3)18-14-28-30(2)15-18/h4-6,11-15,19H,7-10,25H2,1-3H3,(H2,26,27). The molecule has 0 aliphatic carbocycles. The Kier molecular flexibility index (Phi) is 5.33. The molecule has 1 aromatic carbocycles. The molecule has 4 heterocycles. The Morgan fingerprint density at radius 2 is 1.88 bits per heavy atom. The summed E-state index contributed by atoms with van der Waals surface area (Å²) in [7, 11) is 5.71. The normalized spacial score (nSPS) is 19.5. The van der Waals surface area contributed by atoms with Crippen molar-refractivity contribution in [3.8, 4) is 16.9 Å². The van der Waals surface area contributed by atoms with E-state index in [-0.39, 0.29) is 0 Å². The zero-order chi connectivity index (χ0) is 23.1. The summed E-state index contributed by atoms with van der Waals surface area (Å²) in [6.07, 6.45) is 11.8. The van der Waals surface area contributed by atoms with E-state index in [9.17, 15) is 0 Å². The second-order valence-electron chi connectivity index (χ2n) is 8.69. The minimum Gasteiger partial charge on any atom is -0.495 e. The van der Waals surface area contributed by atoms with Crippen molar-refractivity contribution in [1.29, 1.82) is 0 Å². The molecule has 0 unspecified atom stereocenters. The molecule has 0 amide bonds. The first kappa shape index (κ1) is 21.1. The van der Waals surface area contributed by atoms with Crippen LogP contribution in [0.25, 0.3) is 11.1 Å². The topological polar surface area (TPSA) is 101 Å². The third-order valence-corrected chi connectivity index (χ3v) is 6.54. The first-order valence-electron chi connectivity index (χ1n) is 11.1. The second-order valence-corrected chi connectivity index (χ2v) is 8.69. The lowest BCUT2D eigenvalue weighted by Gasteiger charge is -2.41. The fraction of sp³-hybridized carbons (Fsp3) is 0.333. The van der Waals surface area contributed by atoms with E-state index in [2.05, 4.69) is 39.2 Å². The van der Waals surface area contributed by atoms with Crippen LogP contribution in [-0.2, 0) is 7.05 Å². The molecule has 172 valence electrons. The maximum absolute atomic E-state index is 6.80. The Balaban J connectivity index is 1.55. The summed E-state index contributed by atoms with van der Waals surface area (Å²) in [6.45, 7) is 2.11. The van der Waals surface area contributed by atoms with E-state index in [1.54, 1.807) is 18.0 Å². The van der Waals surface area contributed by atoms with Crippen LogP contribution < -0.4 is 21.1 Å². The van der Waals surface area contributed by atoms with Crippen molar-refractivity contribution in [3.05, 3.63) is 66.2 Å². The number of benzene rings is 1. The van der Waals surface area contributed by atoms with Crippen LogP contribution >= 0.6 is 0 Å². The summed E-state index contributed by atoms with van der Waals surface area (Å²) < 4.78 is 7.56. The van der Waals surface area contributed by atoms with Crippen molar-refractivity contribution in [1.82, 2.24) is 19.6 Å². The summed E-state index contributed by atoms with van der Waals surface area (Å²) >= 11 is 0. The Bertz CT molecular complexity index is 1180. The average Bonchev–Trinajstić information content (AvgIpc) is 3.26. The molecule has 0 radical (unpaired) electrons. The number of fused-ring (bicyclic) bond motifs is 1. The number of nitrogens with two attached hydrogens (primary N) is 2. The SMILES string of the molecule is COc1cc(-c2cnn(C)c2)ccc1N1C(N)=NC=C2C=CN(C3CCN(C)CC3)C(N)=C21. The van der Waals surface area contributed by atoms with Gasteiger partial charge >= 0.3 is 0 Å². The lowest BCUT2D eigenvalue weighted by molar-refractivity contribution is 0.181. The van der Waals surface area contributed by atoms with Gasteiger partial charge in [0, 0.05) is 42.8 Å². The highest BCUT2D eigenvalue weighted by Gasteiger charge is 2.33. The summed E-state index contributed by atoms with van der Waals surface area (Å²) in [5.41, 5.74) is 17.8. The monoisotopic (exact) mass is 446 g/mol. The summed E-state index contributed by atoms with van der Waals surface area (Å²) in [6, 6.07) is 6.36. The first-order chi connectivity index (χ1) is 16.0. The van der Waals surface area contributed by atoms with E-state index < -0.39 is 0 Å². The van der Waals surface area contributed by atoms with Crippen molar-refractivity contribution in [2.75, 3.05) is 32.1 Å². The van der Waals surface area contributed by atoms with Gasteiger partial charge in [-0.25, -0.2) is 4.99 Å². The molecule has 3 aliphatic heterocycles. The van der Waals surface area contributed by atoms with Crippen molar-refractivity contribution in [2.24, 2.45) is 23.5 Å². The van der Waals surface area contributed by atoms with Gasteiger partial charge in [0.05, 0.1) is 24.7 Å². The molecule has 0 spiro atoms. The van der Waals surface area contributed by atoms with E-state index in [0.717, 1.165) is 54.0 Å². The molecule has 1 saturated heterocycles. The van der Waals surface area contributed by atoms with Crippen molar-refractivity contribution < 1.29 is 4.74 Å². The van der Waals surface area contributed by atoms with Crippen LogP contribution in [0.1, 0.15) is 12.8 Å². The van der Waals surface area contributed by atoms with Crippen LogP contribution in [0.15, 0.2) is 71.2 Å². The zero-order valence-electron chi connectivity index (χ0n) is 19.3. The van der Waals surface area contributed by atoms with E-state index in [0.29, 0.717) is 23.6 Å². The number of rotatable bonds is 4. The van der Waals surface area contributed by atoms with Crippen LogP contribution in [0, 0.1) is 0 Å². The molecular formula is C24H30N8O. The van der Waals surface area contributed by atoms with Crippen molar-refractivity contribution in [2.45, 2.75) is 18.9 Å². The third-order valence-electron chi connectivity index (χ3n) is 6.54. The molecule has 9 heteroatoms. The largest absolute Gasteiger partial charge is 0.495 e. The molecule has 9 nitrogen and oxygen atoms in total. The quantitative estimate of drug-likeness (QED) is 0.742. The van der Waals surface area contributed by atoms with Gasteiger partial charge in [-0.15, -0.1) is 0 Å². The van der Waals surface area contributed by atoms with Gasteiger partial charge < -0.3 is 26.0 Å². The Morgan fingerprint density at radius 3 is 2.58 bits per heavy atom. The Hall–Kier alpha value is -3.72. The number of anilines is 1. The smallest absolute Gasteiger partial charge is 0.205 e. The second kappa shape index (κ2) is 8.32. The average molecular weight is 447 g/mol. The number of allylic oxidation sites excluding steroid dienone is 1. The number of piperidine rings is 1. The van der Waals surface area contributed by atoms with E-state index in [1.165, 1.54) is 0 Å². The zero-order valence-corrected chi connectivity index (χ0v) is 19.3. The predicted octanol–water partition coefficient (Wildman–Crippen LogP) is 2.17. The number of methoxy groups -OCH3 is 1. The Labute approximate surface area is 193 Å². The van der Waals surface area contributed by atoms with Gasteiger partial charge in [-0.2, -0.15) is 5.10 Å². The minimum absolute atomic E-state index is 0.350. The number of nitrogens with zero attached hydrogens (tertiary/aromatic N) is 6. The fourth-order valence-electron chi connectivity index (χ4n) is 4.69. The molecule has 1 fully saturated rings. The molecule has 0 atom stereocenters. The number of aryl methyl sites for hydroxylation is 1. The number of aliphatic imine (C=N–C) groups is 1.